The highest BCUT2D eigenvalue weighted by Gasteiger charge is 2.05. The van der Waals surface area contributed by atoms with Crippen LogP contribution in [0.5, 0.6) is 0 Å². The van der Waals surface area contributed by atoms with Gasteiger partial charge in [0.2, 0.25) is 0 Å². The van der Waals surface area contributed by atoms with E-state index in [9.17, 15) is 4.39 Å². The second kappa shape index (κ2) is 5.78. The molecule has 0 saturated carbocycles. The van der Waals surface area contributed by atoms with E-state index in [2.05, 4.69) is 24.3 Å². The molecule has 0 spiro atoms. The number of benzene rings is 1. The Bertz CT molecular complexity index is 490. The predicted molar refractivity (Wildman–Crippen MR) is 70.8 cm³/mol. The summed E-state index contributed by atoms with van der Waals surface area (Å²) in [6, 6.07) is 8.73. The van der Waals surface area contributed by atoms with E-state index in [1.165, 1.54) is 12.1 Å². The third-order valence-corrected chi connectivity index (χ3v) is 2.79. The minimum Gasteiger partial charge on any atom is -0.313 e. The Morgan fingerprint density at radius 1 is 1.28 bits per heavy atom. The summed E-state index contributed by atoms with van der Waals surface area (Å²) in [5, 5.41) is 7.83. The topological polar surface area (TPSA) is 29.9 Å². The molecule has 1 atom stereocenters. The second-order valence-electron chi connectivity index (χ2n) is 4.39. The van der Waals surface area contributed by atoms with Crippen molar-refractivity contribution in [3.8, 4) is 11.3 Å². The van der Waals surface area contributed by atoms with Gasteiger partial charge in [-0.3, -0.25) is 4.68 Å². The average molecular weight is 247 g/mol. The van der Waals surface area contributed by atoms with Crippen molar-refractivity contribution in [1.82, 2.24) is 15.1 Å². The van der Waals surface area contributed by atoms with Crippen LogP contribution in [0.15, 0.2) is 36.5 Å². The Kier molecular flexibility index (Phi) is 4.10. The van der Waals surface area contributed by atoms with Crippen LogP contribution in [0.4, 0.5) is 4.39 Å². The molecule has 3 nitrogen and oxygen atoms in total. The molecule has 0 saturated heterocycles. The van der Waals surface area contributed by atoms with Crippen molar-refractivity contribution in [1.29, 1.82) is 0 Å². The van der Waals surface area contributed by atoms with Crippen LogP contribution >= 0.6 is 0 Å². The van der Waals surface area contributed by atoms with Crippen LogP contribution in [0.2, 0.25) is 0 Å². The van der Waals surface area contributed by atoms with Gasteiger partial charge in [0.15, 0.2) is 0 Å². The molecule has 1 aromatic carbocycles. The third kappa shape index (κ3) is 3.17. The molecule has 0 fully saturated rings. The van der Waals surface area contributed by atoms with Gasteiger partial charge in [-0.25, -0.2) is 4.39 Å². The Morgan fingerprint density at radius 3 is 2.67 bits per heavy atom. The molecule has 0 aliphatic rings. The first-order valence-electron chi connectivity index (χ1n) is 6.22. The molecule has 0 aliphatic heterocycles. The molecule has 0 amide bonds. The summed E-state index contributed by atoms with van der Waals surface area (Å²) in [6.45, 7) is 5.99. The van der Waals surface area contributed by atoms with Crippen LogP contribution in [-0.2, 0) is 6.54 Å². The van der Waals surface area contributed by atoms with E-state index in [0.29, 0.717) is 6.04 Å². The van der Waals surface area contributed by atoms with Crippen LogP contribution in [-0.4, -0.2) is 22.4 Å². The summed E-state index contributed by atoms with van der Waals surface area (Å²) in [6.07, 6.45) is 1.95. The molecule has 4 heteroatoms. The van der Waals surface area contributed by atoms with Crippen molar-refractivity contribution in [3.63, 3.8) is 0 Å². The van der Waals surface area contributed by atoms with E-state index >= 15 is 0 Å². The van der Waals surface area contributed by atoms with Gasteiger partial charge in [0.25, 0.3) is 0 Å². The second-order valence-corrected chi connectivity index (χ2v) is 4.39. The molecule has 18 heavy (non-hydrogen) atoms. The molecule has 0 aliphatic carbocycles. The van der Waals surface area contributed by atoms with E-state index in [-0.39, 0.29) is 5.82 Å². The monoisotopic (exact) mass is 247 g/mol. The van der Waals surface area contributed by atoms with Gasteiger partial charge in [-0.05, 0) is 43.8 Å². The zero-order valence-corrected chi connectivity index (χ0v) is 10.7. The fraction of sp³-hybridized carbons (Fsp3) is 0.357. The maximum absolute atomic E-state index is 12.8. The summed E-state index contributed by atoms with van der Waals surface area (Å²) < 4.78 is 14.7. The fourth-order valence-corrected chi connectivity index (χ4v) is 1.93. The maximum atomic E-state index is 12.8. The number of hydrogen-bond acceptors (Lipinski definition) is 2. The van der Waals surface area contributed by atoms with E-state index in [1.807, 2.05) is 16.9 Å². The van der Waals surface area contributed by atoms with Crippen LogP contribution in [0, 0.1) is 5.82 Å². The van der Waals surface area contributed by atoms with Crippen molar-refractivity contribution in [2.24, 2.45) is 0 Å². The molecule has 2 rings (SSSR count). The van der Waals surface area contributed by atoms with Gasteiger partial charge in [-0.1, -0.05) is 6.92 Å². The first kappa shape index (κ1) is 12.8. The SMILES string of the molecule is CCNC(C)Cn1ccc(-c2ccc(F)cc2)n1. The zero-order chi connectivity index (χ0) is 13.0. The Labute approximate surface area is 107 Å². The number of halogens is 1. The first-order valence-corrected chi connectivity index (χ1v) is 6.22. The molecule has 1 aromatic heterocycles. The number of hydrogen-bond donors (Lipinski definition) is 1. The number of aromatic nitrogens is 2. The summed E-state index contributed by atoms with van der Waals surface area (Å²) >= 11 is 0. The minimum atomic E-state index is -0.223. The first-order chi connectivity index (χ1) is 8.69. The Morgan fingerprint density at radius 2 is 2.00 bits per heavy atom. The van der Waals surface area contributed by atoms with Crippen molar-refractivity contribution < 1.29 is 4.39 Å². The lowest BCUT2D eigenvalue weighted by atomic mass is 10.1. The van der Waals surface area contributed by atoms with Gasteiger partial charge < -0.3 is 5.32 Å². The van der Waals surface area contributed by atoms with Crippen molar-refractivity contribution in [2.75, 3.05) is 6.54 Å². The molecule has 2 aromatic rings. The van der Waals surface area contributed by atoms with Crippen molar-refractivity contribution in [3.05, 3.63) is 42.3 Å². The lowest BCUT2D eigenvalue weighted by Crippen LogP contribution is -2.30. The standard InChI is InChI=1S/C14H18FN3/c1-3-16-11(2)10-18-9-8-14(17-18)12-4-6-13(15)7-5-12/h4-9,11,16H,3,10H2,1-2H3. The Hall–Kier alpha value is -1.68. The average Bonchev–Trinajstić information content (AvgIpc) is 2.78. The van der Waals surface area contributed by atoms with Gasteiger partial charge in [-0.15, -0.1) is 0 Å². The van der Waals surface area contributed by atoms with Crippen LogP contribution in [0.1, 0.15) is 13.8 Å². The molecule has 96 valence electrons. The van der Waals surface area contributed by atoms with Crippen LogP contribution in [0.3, 0.4) is 0 Å². The summed E-state index contributed by atoms with van der Waals surface area (Å²) in [5.41, 5.74) is 1.81. The van der Waals surface area contributed by atoms with Crippen molar-refractivity contribution in [2.45, 2.75) is 26.4 Å². The largest absolute Gasteiger partial charge is 0.313 e. The van der Waals surface area contributed by atoms with E-state index in [4.69, 9.17) is 0 Å². The van der Waals surface area contributed by atoms with Gasteiger partial charge in [-0.2, -0.15) is 5.10 Å². The smallest absolute Gasteiger partial charge is 0.123 e. The highest BCUT2D eigenvalue weighted by Crippen LogP contribution is 2.17. The normalized spacial score (nSPS) is 12.6. The Balaban J connectivity index is 2.08. The quantitative estimate of drug-likeness (QED) is 0.880. The zero-order valence-electron chi connectivity index (χ0n) is 10.7. The van der Waals surface area contributed by atoms with E-state index in [1.54, 1.807) is 12.1 Å². The molecule has 0 bridgehead atoms. The van der Waals surface area contributed by atoms with Crippen LogP contribution < -0.4 is 5.32 Å². The fourth-order valence-electron chi connectivity index (χ4n) is 1.93. The maximum Gasteiger partial charge on any atom is 0.123 e. The molecular weight excluding hydrogens is 229 g/mol. The minimum absolute atomic E-state index is 0.223. The number of likely N-dealkylation sites (N-methyl/N-ethyl adjacent to an activating group) is 1. The van der Waals surface area contributed by atoms with Gasteiger partial charge in [0, 0.05) is 17.8 Å². The van der Waals surface area contributed by atoms with Gasteiger partial charge >= 0.3 is 0 Å². The van der Waals surface area contributed by atoms with Gasteiger partial charge in [0.1, 0.15) is 5.82 Å². The number of nitrogens with one attached hydrogen (secondary N) is 1. The number of nitrogens with zero attached hydrogens (tertiary/aromatic N) is 2. The summed E-state index contributed by atoms with van der Waals surface area (Å²) in [5.74, 6) is -0.223. The third-order valence-electron chi connectivity index (χ3n) is 2.79. The molecule has 1 N–H and O–H groups in total. The predicted octanol–water partition coefficient (Wildman–Crippen LogP) is 2.69. The van der Waals surface area contributed by atoms with E-state index in [0.717, 1.165) is 24.3 Å². The molecule has 0 radical (unpaired) electrons. The summed E-state index contributed by atoms with van der Waals surface area (Å²) in [7, 11) is 0. The highest BCUT2D eigenvalue weighted by molar-refractivity contribution is 5.58. The molecule has 1 unspecified atom stereocenters. The molecule has 1 heterocycles. The molecular formula is C14H18FN3. The van der Waals surface area contributed by atoms with Crippen LogP contribution in [0.25, 0.3) is 11.3 Å². The van der Waals surface area contributed by atoms with Gasteiger partial charge in [0.05, 0.1) is 12.2 Å². The highest BCUT2D eigenvalue weighted by atomic mass is 19.1. The lowest BCUT2D eigenvalue weighted by Gasteiger charge is -2.11. The lowest BCUT2D eigenvalue weighted by molar-refractivity contribution is 0.462. The van der Waals surface area contributed by atoms with E-state index < -0.39 is 0 Å². The summed E-state index contributed by atoms with van der Waals surface area (Å²) in [4.78, 5) is 0. The number of rotatable bonds is 5. The van der Waals surface area contributed by atoms with Crippen molar-refractivity contribution >= 4 is 0 Å².